The zero-order chi connectivity index (χ0) is 22.5. The number of aromatic nitrogens is 6. The average Bonchev–Trinajstić information content (AvgIpc) is 3.18. The van der Waals surface area contributed by atoms with Gasteiger partial charge in [0.25, 0.3) is 0 Å². The topological polar surface area (TPSA) is 117 Å². The minimum atomic E-state index is 0.170. The molecule has 2 aromatic heterocycles. The van der Waals surface area contributed by atoms with E-state index in [1.54, 1.807) is 7.11 Å². The molecule has 32 heavy (non-hydrogen) atoms. The van der Waals surface area contributed by atoms with E-state index in [1.165, 1.54) is 17.3 Å². The molecule has 2 aromatic carbocycles. The highest BCUT2D eigenvalue weighted by Gasteiger charge is 2.13. The Morgan fingerprint density at radius 2 is 1.81 bits per heavy atom. The molecular formula is C22H24N8OS. The molecule has 0 spiro atoms. The van der Waals surface area contributed by atoms with E-state index in [0.29, 0.717) is 17.5 Å². The fourth-order valence-corrected chi connectivity index (χ4v) is 3.96. The first-order chi connectivity index (χ1) is 15.6. The zero-order valence-electron chi connectivity index (χ0n) is 18.1. The van der Waals surface area contributed by atoms with Gasteiger partial charge in [0.15, 0.2) is 11.0 Å². The Morgan fingerprint density at radius 3 is 2.56 bits per heavy atom. The van der Waals surface area contributed by atoms with Gasteiger partial charge in [-0.15, -0.1) is 10.2 Å². The maximum absolute atomic E-state index is 5.93. The number of ether oxygens (including phenoxy) is 1. The van der Waals surface area contributed by atoms with Crippen LogP contribution in [0.25, 0.3) is 11.4 Å². The Morgan fingerprint density at radius 1 is 1.03 bits per heavy atom. The van der Waals surface area contributed by atoms with Crippen molar-refractivity contribution in [1.29, 1.82) is 0 Å². The number of aryl methyl sites for hydroxylation is 1. The molecule has 0 amide bonds. The van der Waals surface area contributed by atoms with Gasteiger partial charge in [-0.05, 0) is 42.3 Å². The predicted molar refractivity (Wildman–Crippen MR) is 126 cm³/mol. The second kappa shape index (κ2) is 9.65. The lowest BCUT2D eigenvalue weighted by Crippen LogP contribution is -2.07. The minimum Gasteiger partial charge on any atom is -0.497 e. The van der Waals surface area contributed by atoms with Crippen molar-refractivity contribution in [3.8, 4) is 17.1 Å². The fraction of sp³-hybridized carbons (Fsp3) is 0.227. The number of benzene rings is 2. The Hall–Kier alpha value is -3.66. The summed E-state index contributed by atoms with van der Waals surface area (Å²) in [6.45, 7) is 2.10. The molecule has 0 unspecified atom stereocenters. The summed E-state index contributed by atoms with van der Waals surface area (Å²) in [6, 6.07) is 15.7. The third-order valence-corrected chi connectivity index (χ3v) is 5.87. The van der Waals surface area contributed by atoms with Crippen LogP contribution in [0.3, 0.4) is 0 Å². The molecule has 4 rings (SSSR count). The Bertz CT molecular complexity index is 1210. The van der Waals surface area contributed by atoms with Crippen LogP contribution in [-0.2, 0) is 19.2 Å². The number of methoxy groups -OCH3 is 1. The molecule has 4 aromatic rings. The average molecular weight is 449 g/mol. The minimum absolute atomic E-state index is 0.170. The normalized spacial score (nSPS) is 10.8. The number of nitrogens with zero attached hydrogens (tertiary/aromatic N) is 6. The highest BCUT2D eigenvalue weighted by molar-refractivity contribution is 7.98. The third kappa shape index (κ3) is 4.80. The van der Waals surface area contributed by atoms with Crippen molar-refractivity contribution in [1.82, 2.24) is 29.7 Å². The van der Waals surface area contributed by atoms with Crippen molar-refractivity contribution < 1.29 is 4.74 Å². The third-order valence-electron chi connectivity index (χ3n) is 4.86. The van der Waals surface area contributed by atoms with Crippen LogP contribution in [0.2, 0.25) is 0 Å². The van der Waals surface area contributed by atoms with Crippen molar-refractivity contribution in [2.24, 2.45) is 7.05 Å². The standard InChI is InChI=1S/C22H24N8OS/c1-4-14-7-5-6-8-17(14)24-21-26-18(25-20(23)27-21)13-32-22-29-28-19(30(22)2)15-9-11-16(31-3)12-10-15/h5-12H,4,13H2,1-3H3,(H3,23,24,25,26,27). The molecule has 2 heterocycles. The summed E-state index contributed by atoms with van der Waals surface area (Å²) in [4.78, 5) is 13.0. The van der Waals surface area contributed by atoms with Gasteiger partial charge in [-0.3, -0.25) is 0 Å². The molecule has 3 N–H and O–H groups in total. The Kier molecular flexibility index (Phi) is 6.50. The van der Waals surface area contributed by atoms with Crippen molar-refractivity contribution in [2.45, 2.75) is 24.3 Å². The van der Waals surface area contributed by atoms with Crippen LogP contribution in [0.15, 0.2) is 53.7 Å². The summed E-state index contributed by atoms with van der Waals surface area (Å²) < 4.78 is 7.15. The molecule has 9 nitrogen and oxygen atoms in total. The molecule has 0 fully saturated rings. The summed E-state index contributed by atoms with van der Waals surface area (Å²) in [5, 5.41) is 12.6. The first-order valence-electron chi connectivity index (χ1n) is 10.1. The van der Waals surface area contributed by atoms with Crippen molar-refractivity contribution in [2.75, 3.05) is 18.2 Å². The lowest BCUT2D eigenvalue weighted by Gasteiger charge is -2.10. The van der Waals surface area contributed by atoms with Crippen molar-refractivity contribution in [3.05, 3.63) is 59.9 Å². The highest BCUT2D eigenvalue weighted by Crippen LogP contribution is 2.26. The summed E-state index contributed by atoms with van der Waals surface area (Å²) in [5.74, 6) is 3.20. The Labute approximate surface area is 190 Å². The van der Waals surface area contributed by atoms with Gasteiger partial charge in [0.1, 0.15) is 11.6 Å². The number of hydrogen-bond donors (Lipinski definition) is 2. The van der Waals surface area contributed by atoms with Gasteiger partial charge in [-0.1, -0.05) is 36.9 Å². The number of thioether (sulfide) groups is 1. The van der Waals surface area contributed by atoms with E-state index in [-0.39, 0.29) is 5.95 Å². The van der Waals surface area contributed by atoms with E-state index < -0.39 is 0 Å². The fourth-order valence-electron chi connectivity index (χ4n) is 3.19. The van der Waals surface area contributed by atoms with E-state index in [2.05, 4.69) is 43.5 Å². The van der Waals surface area contributed by atoms with Gasteiger partial charge in [0, 0.05) is 18.3 Å². The van der Waals surface area contributed by atoms with Crippen molar-refractivity contribution in [3.63, 3.8) is 0 Å². The molecule has 0 atom stereocenters. The molecule has 0 aliphatic rings. The van der Waals surface area contributed by atoms with Gasteiger partial charge in [0.05, 0.1) is 12.9 Å². The molecule has 10 heteroatoms. The van der Waals surface area contributed by atoms with Crippen molar-refractivity contribution >= 4 is 29.3 Å². The monoisotopic (exact) mass is 448 g/mol. The maximum Gasteiger partial charge on any atom is 0.232 e. The largest absolute Gasteiger partial charge is 0.497 e. The second-order valence-corrected chi connectivity index (χ2v) is 7.89. The van der Waals surface area contributed by atoms with E-state index in [0.717, 1.165) is 34.4 Å². The molecule has 0 saturated carbocycles. The summed E-state index contributed by atoms with van der Waals surface area (Å²) >= 11 is 1.48. The number of para-hydroxylation sites is 1. The van der Waals surface area contributed by atoms with Crippen LogP contribution in [0.5, 0.6) is 5.75 Å². The maximum atomic E-state index is 5.93. The Balaban J connectivity index is 1.49. The number of nitrogens with two attached hydrogens (primary N) is 1. The van der Waals surface area contributed by atoms with Gasteiger partial charge in [-0.25, -0.2) is 0 Å². The highest BCUT2D eigenvalue weighted by atomic mass is 32.2. The predicted octanol–water partition coefficient (Wildman–Crippen LogP) is 3.86. The second-order valence-electron chi connectivity index (χ2n) is 6.95. The first kappa shape index (κ1) is 21.6. The van der Waals surface area contributed by atoms with E-state index in [9.17, 15) is 0 Å². The smallest absolute Gasteiger partial charge is 0.232 e. The zero-order valence-corrected chi connectivity index (χ0v) is 18.9. The van der Waals surface area contributed by atoms with Crippen LogP contribution in [0.1, 0.15) is 18.3 Å². The molecule has 0 radical (unpaired) electrons. The first-order valence-corrected chi connectivity index (χ1v) is 11.1. The van der Waals surface area contributed by atoms with Gasteiger partial charge in [0.2, 0.25) is 11.9 Å². The molecule has 0 saturated heterocycles. The van der Waals surface area contributed by atoms with Crippen LogP contribution in [0.4, 0.5) is 17.6 Å². The van der Waals surface area contributed by atoms with E-state index in [1.807, 2.05) is 54.1 Å². The SMILES string of the molecule is CCc1ccccc1Nc1nc(N)nc(CSc2nnc(-c3ccc(OC)cc3)n2C)n1. The number of nitrogen functional groups attached to an aromatic ring is 1. The number of rotatable bonds is 8. The van der Waals surface area contributed by atoms with E-state index in [4.69, 9.17) is 10.5 Å². The van der Waals surface area contributed by atoms with Crippen LogP contribution in [-0.4, -0.2) is 36.8 Å². The van der Waals surface area contributed by atoms with Gasteiger partial charge < -0.3 is 20.4 Å². The van der Waals surface area contributed by atoms with Gasteiger partial charge in [-0.2, -0.15) is 15.0 Å². The van der Waals surface area contributed by atoms with Crippen LogP contribution in [0, 0.1) is 0 Å². The lowest BCUT2D eigenvalue weighted by atomic mass is 10.1. The van der Waals surface area contributed by atoms with E-state index >= 15 is 0 Å². The van der Waals surface area contributed by atoms with Crippen LogP contribution < -0.4 is 15.8 Å². The summed E-state index contributed by atoms with van der Waals surface area (Å²) in [7, 11) is 3.57. The molecule has 0 aliphatic carbocycles. The van der Waals surface area contributed by atoms with Gasteiger partial charge >= 0.3 is 0 Å². The summed E-state index contributed by atoms with van der Waals surface area (Å²) in [5.41, 5.74) is 9.02. The number of hydrogen-bond acceptors (Lipinski definition) is 9. The molecule has 0 bridgehead atoms. The molecular weight excluding hydrogens is 424 g/mol. The molecule has 0 aliphatic heterocycles. The summed E-state index contributed by atoms with van der Waals surface area (Å²) in [6.07, 6.45) is 0.898. The number of anilines is 3. The van der Waals surface area contributed by atoms with Crippen LogP contribution >= 0.6 is 11.8 Å². The lowest BCUT2D eigenvalue weighted by molar-refractivity contribution is 0.415. The molecule has 164 valence electrons. The quantitative estimate of drug-likeness (QED) is 0.388. The number of nitrogens with one attached hydrogen (secondary N) is 1.